The lowest BCUT2D eigenvalue weighted by atomic mass is 10.1. The highest BCUT2D eigenvalue weighted by Gasteiger charge is 2.28. The van der Waals surface area contributed by atoms with Crippen LogP contribution in [0.25, 0.3) is 0 Å². The highest BCUT2D eigenvalue weighted by Crippen LogP contribution is 2.19. The van der Waals surface area contributed by atoms with Gasteiger partial charge in [-0.15, -0.1) is 0 Å². The Morgan fingerprint density at radius 2 is 2.05 bits per heavy atom. The van der Waals surface area contributed by atoms with Gasteiger partial charge in [0.25, 0.3) is 0 Å². The summed E-state index contributed by atoms with van der Waals surface area (Å²) in [5.74, 6) is -0.763. The summed E-state index contributed by atoms with van der Waals surface area (Å²) in [7, 11) is 0. The molecule has 0 aliphatic carbocycles. The molecule has 0 radical (unpaired) electrons. The van der Waals surface area contributed by atoms with Crippen LogP contribution in [0.4, 0.5) is 8.78 Å². The summed E-state index contributed by atoms with van der Waals surface area (Å²) in [5, 5.41) is 9.22. The van der Waals surface area contributed by atoms with Crippen LogP contribution < -0.4 is 0 Å². The quantitative estimate of drug-likeness (QED) is 0.903. The van der Waals surface area contributed by atoms with Crippen molar-refractivity contribution in [1.29, 1.82) is 0 Å². The maximum Gasteiger partial charge on any atom is 0.127 e. The van der Waals surface area contributed by atoms with Crippen molar-refractivity contribution in [3.63, 3.8) is 0 Å². The van der Waals surface area contributed by atoms with E-state index in [-0.39, 0.29) is 18.5 Å². The van der Waals surface area contributed by atoms with E-state index >= 15 is 0 Å². The van der Waals surface area contributed by atoms with Gasteiger partial charge in [0.05, 0.1) is 0 Å². The lowest BCUT2D eigenvalue weighted by molar-refractivity contribution is 0.0344. The molecule has 1 aromatic carbocycles. The fraction of sp³-hybridized carbons (Fsp3) is 0.625. The molecule has 1 heterocycles. The lowest BCUT2D eigenvalue weighted by Crippen LogP contribution is -2.55. The first kappa shape index (κ1) is 16.3. The predicted molar refractivity (Wildman–Crippen MR) is 79.0 cm³/mol. The largest absolute Gasteiger partial charge is 0.396 e. The van der Waals surface area contributed by atoms with E-state index < -0.39 is 5.82 Å². The normalized spacial score (nSPS) is 21.1. The molecule has 1 aliphatic rings. The number of aliphatic hydroxyl groups is 1. The third kappa shape index (κ3) is 4.22. The average molecular weight is 298 g/mol. The zero-order valence-electron chi connectivity index (χ0n) is 12.7. The first-order chi connectivity index (χ1) is 10.0. The molecule has 0 bridgehead atoms. The molecule has 1 aromatic rings. The molecule has 3 nitrogen and oxygen atoms in total. The van der Waals surface area contributed by atoms with E-state index in [4.69, 9.17) is 0 Å². The van der Waals surface area contributed by atoms with Gasteiger partial charge in [0.15, 0.2) is 0 Å². The fourth-order valence-electron chi connectivity index (χ4n) is 3.07. The number of nitrogens with zero attached hydrogens (tertiary/aromatic N) is 2. The summed E-state index contributed by atoms with van der Waals surface area (Å²) in [6, 6.07) is 4.28. The molecular formula is C16H24F2N2O. The molecule has 0 saturated carbocycles. The molecular weight excluding hydrogens is 274 g/mol. The third-order valence-corrected chi connectivity index (χ3v) is 4.14. The van der Waals surface area contributed by atoms with Crippen LogP contribution in [-0.2, 0) is 6.54 Å². The SMILES string of the molecule is CC(C)N1CCN(Cc2cc(F)ccc2F)C[C@H]1CCO. The minimum atomic E-state index is -0.404. The predicted octanol–water partition coefficient (Wildman–Crippen LogP) is 2.24. The molecule has 2 rings (SSSR count). The van der Waals surface area contributed by atoms with E-state index in [0.717, 1.165) is 25.7 Å². The van der Waals surface area contributed by atoms with Gasteiger partial charge in [-0.2, -0.15) is 0 Å². The Morgan fingerprint density at radius 3 is 2.71 bits per heavy atom. The second-order valence-corrected chi connectivity index (χ2v) is 5.97. The van der Waals surface area contributed by atoms with Gasteiger partial charge in [-0.25, -0.2) is 8.78 Å². The van der Waals surface area contributed by atoms with E-state index in [0.29, 0.717) is 24.6 Å². The summed E-state index contributed by atoms with van der Waals surface area (Å²) in [5.41, 5.74) is 0.399. The van der Waals surface area contributed by atoms with Crippen LogP contribution >= 0.6 is 0 Å². The molecule has 1 aliphatic heterocycles. The number of benzene rings is 1. The molecule has 21 heavy (non-hydrogen) atoms. The Labute approximate surface area is 125 Å². The van der Waals surface area contributed by atoms with Crippen molar-refractivity contribution in [2.45, 2.75) is 38.9 Å². The monoisotopic (exact) mass is 298 g/mol. The first-order valence-corrected chi connectivity index (χ1v) is 7.54. The summed E-state index contributed by atoms with van der Waals surface area (Å²) < 4.78 is 27.0. The van der Waals surface area contributed by atoms with Crippen molar-refractivity contribution in [3.05, 3.63) is 35.4 Å². The number of hydrogen-bond donors (Lipinski definition) is 1. The molecule has 1 fully saturated rings. The van der Waals surface area contributed by atoms with Gasteiger partial charge in [0, 0.05) is 50.4 Å². The molecule has 0 amide bonds. The molecule has 0 spiro atoms. The summed E-state index contributed by atoms with van der Waals surface area (Å²) in [6.45, 7) is 7.34. The minimum absolute atomic E-state index is 0.149. The third-order valence-electron chi connectivity index (χ3n) is 4.14. The number of aliphatic hydroxyl groups excluding tert-OH is 1. The van der Waals surface area contributed by atoms with Crippen molar-refractivity contribution in [2.75, 3.05) is 26.2 Å². The molecule has 1 N–H and O–H groups in total. The Hall–Kier alpha value is -1.04. The maximum atomic E-state index is 13.7. The first-order valence-electron chi connectivity index (χ1n) is 7.54. The zero-order chi connectivity index (χ0) is 15.4. The Morgan fingerprint density at radius 1 is 1.29 bits per heavy atom. The second-order valence-electron chi connectivity index (χ2n) is 5.97. The minimum Gasteiger partial charge on any atom is -0.396 e. The standard InChI is InChI=1S/C16H24F2N2O/c1-12(2)20-7-6-19(11-15(20)5-8-21)10-13-9-14(17)3-4-16(13)18/h3-4,9,12,15,21H,5-8,10-11H2,1-2H3/t15-/m1/s1. The van der Waals surface area contributed by atoms with Gasteiger partial charge in [-0.3, -0.25) is 9.80 Å². The van der Waals surface area contributed by atoms with Crippen LogP contribution in [0.5, 0.6) is 0 Å². The zero-order valence-corrected chi connectivity index (χ0v) is 12.7. The van der Waals surface area contributed by atoms with Gasteiger partial charge in [-0.05, 0) is 38.5 Å². The topological polar surface area (TPSA) is 26.7 Å². The Bertz CT molecular complexity index is 468. The molecule has 0 aromatic heterocycles. The van der Waals surface area contributed by atoms with Gasteiger partial charge in [-0.1, -0.05) is 0 Å². The van der Waals surface area contributed by atoms with Crippen LogP contribution in [0, 0.1) is 11.6 Å². The molecule has 1 atom stereocenters. The van der Waals surface area contributed by atoms with Gasteiger partial charge in [0.2, 0.25) is 0 Å². The molecule has 0 unspecified atom stereocenters. The highest BCUT2D eigenvalue weighted by atomic mass is 19.1. The van der Waals surface area contributed by atoms with E-state index in [2.05, 4.69) is 23.6 Å². The summed E-state index contributed by atoms with van der Waals surface area (Å²) >= 11 is 0. The van der Waals surface area contributed by atoms with Gasteiger partial charge < -0.3 is 5.11 Å². The van der Waals surface area contributed by atoms with Crippen molar-refractivity contribution < 1.29 is 13.9 Å². The van der Waals surface area contributed by atoms with E-state index in [1.54, 1.807) is 0 Å². The van der Waals surface area contributed by atoms with Crippen molar-refractivity contribution in [3.8, 4) is 0 Å². The molecule has 5 heteroatoms. The van der Waals surface area contributed by atoms with Crippen LogP contribution in [-0.4, -0.2) is 53.2 Å². The van der Waals surface area contributed by atoms with E-state index in [9.17, 15) is 13.9 Å². The smallest absolute Gasteiger partial charge is 0.127 e. The van der Waals surface area contributed by atoms with Crippen LogP contribution in [0.15, 0.2) is 18.2 Å². The number of piperazine rings is 1. The fourth-order valence-corrected chi connectivity index (χ4v) is 3.07. The maximum absolute atomic E-state index is 13.7. The Balaban J connectivity index is 2.03. The second kappa shape index (κ2) is 7.29. The van der Waals surface area contributed by atoms with Crippen molar-refractivity contribution in [2.24, 2.45) is 0 Å². The van der Waals surface area contributed by atoms with Gasteiger partial charge >= 0.3 is 0 Å². The van der Waals surface area contributed by atoms with Crippen molar-refractivity contribution >= 4 is 0 Å². The van der Waals surface area contributed by atoms with Crippen LogP contribution in [0.2, 0.25) is 0 Å². The van der Waals surface area contributed by atoms with Crippen molar-refractivity contribution in [1.82, 2.24) is 9.80 Å². The van der Waals surface area contributed by atoms with Crippen LogP contribution in [0.1, 0.15) is 25.8 Å². The summed E-state index contributed by atoms with van der Waals surface area (Å²) in [4.78, 5) is 4.51. The number of rotatable bonds is 5. The summed E-state index contributed by atoms with van der Waals surface area (Å²) in [6.07, 6.45) is 0.709. The Kier molecular flexibility index (Phi) is 5.67. The number of halogens is 2. The molecule has 1 saturated heterocycles. The van der Waals surface area contributed by atoms with E-state index in [1.807, 2.05) is 0 Å². The highest BCUT2D eigenvalue weighted by molar-refractivity contribution is 5.18. The van der Waals surface area contributed by atoms with Gasteiger partial charge in [0.1, 0.15) is 11.6 Å². The lowest BCUT2D eigenvalue weighted by Gasteiger charge is -2.43. The van der Waals surface area contributed by atoms with E-state index in [1.165, 1.54) is 12.1 Å². The number of hydrogen-bond acceptors (Lipinski definition) is 3. The van der Waals surface area contributed by atoms with Crippen LogP contribution in [0.3, 0.4) is 0 Å². The molecule has 118 valence electrons. The average Bonchev–Trinajstić information content (AvgIpc) is 2.43.